The fourth-order valence-corrected chi connectivity index (χ4v) is 2.01. The van der Waals surface area contributed by atoms with Crippen molar-refractivity contribution in [3.05, 3.63) is 50.9 Å². The van der Waals surface area contributed by atoms with Crippen LogP contribution in [0.2, 0.25) is 0 Å². The van der Waals surface area contributed by atoms with Crippen LogP contribution in [0, 0.1) is 17.0 Å². The van der Waals surface area contributed by atoms with Crippen LogP contribution in [0.15, 0.2) is 35.1 Å². The summed E-state index contributed by atoms with van der Waals surface area (Å²) in [5.41, 5.74) is 0.877. The van der Waals surface area contributed by atoms with Crippen molar-refractivity contribution in [1.29, 1.82) is 0 Å². The van der Waals surface area contributed by atoms with E-state index >= 15 is 0 Å². The quantitative estimate of drug-likeness (QED) is 0.628. The average Bonchev–Trinajstić information content (AvgIpc) is 2.57. The maximum atomic E-state index is 10.9. The molecule has 0 saturated heterocycles. The van der Waals surface area contributed by atoms with E-state index in [0.29, 0.717) is 5.82 Å². The van der Waals surface area contributed by atoms with Crippen LogP contribution >= 0.6 is 15.9 Å². The SMILES string of the molecule is Cc1cc(Br)cn1-c1ncccc1[N+](=O)[O-]. The van der Waals surface area contributed by atoms with Crippen LogP contribution in [0.25, 0.3) is 5.82 Å². The van der Waals surface area contributed by atoms with Crippen molar-refractivity contribution in [3.63, 3.8) is 0 Å². The average molecular weight is 282 g/mol. The molecule has 2 heterocycles. The molecule has 0 amide bonds. The summed E-state index contributed by atoms with van der Waals surface area (Å²) in [5, 5.41) is 10.9. The molecule has 0 aliphatic rings. The topological polar surface area (TPSA) is 61.0 Å². The Balaban J connectivity index is 2.64. The van der Waals surface area contributed by atoms with Crippen molar-refractivity contribution in [1.82, 2.24) is 9.55 Å². The van der Waals surface area contributed by atoms with E-state index in [1.165, 1.54) is 12.3 Å². The summed E-state index contributed by atoms with van der Waals surface area (Å²) < 4.78 is 2.55. The maximum absolute atomic E-state index is 10.9. The minimum absolute atomic E-state index is 0.00583. The molecule has 0 N–H and O–H groups in total. The minimum Gasteiger partial charge on any atom is -0.299 e. The Morgan fingerprint density at radius 2 is 2.31 bits per heavy atom. The molecule has 0 bridgehead atoms. The monoisotopic (exact) mass is 281 g/mol. The predicted molar refractivity (Wildman–Crippen MR) is 62.7 cm³/mol. The first-order valence-electron chi connectivity index (χ1n) is 4.54. The zero-order chi connectivity index (χ0) is 11.7. The Morgan fingerprint density at radius 3 is 2.88 bits per heavy atom. The van der Waals surface area contributed by atoms with E-state index in [-0.39, 0.29) is 5.69 Å². The highest BCUT2D eigenvalue weighted by molar-refractivity contribution is 9.10. The van der Waals surface area contributed by atoms with Crippen molar-refractivity contribution in [2.45, 2.75) is 6.92 Å². The second-order valence-electron chi connectivity index (χ2n) is 3.27. The lowest BCUT2D eigenvalue weighted by atomic mass is 10.4. The van der Waals surface area contributed by atoms with E-state index in [1.807, 2.05) is 13.0 Å². The number of hydrogen-bond acceptors (Lipinski definition) is 3. The van der Waals surface area contributed by atoms with Gasteiger partial charge in [0, 0.05) is 28.6 Å². The number of rotatable bonds is 2. The fourth-order valence-electron chi connectivity index (χ4n) is 1.48. The molecule has 0 atom stereocenters. The van der Waals surface area contributed by atoms with Crippen molar-refractivity contribution in [2.24, 2.45) is 0 Å². The van der Waals surface area contributed by atoms with E-state index in [9.17, 15) is 10.1 Å². The second kappa shape index (κ2) is 4.05. The van der Waals surface area contributed by atoms with E-state index in [0.717, 1.165) is 10.2 Å². The van der Waals surface area contributed by atoms with Crippen LogP contribution in [0.3, 0.4) is 0 Å². The number of nitrogens with zero attached hydrogens (tertiary/aromatic N) is 3. The normalized spacial score (nSPS) is 10.4. The molecule has 2 aromatic rings. The van der Waals surface area contributed by atoms with Gasteiger partial charge in [-0.3, -0.25) is 14.7 Å². The van der Waals surface area contributed by atoms with Crippen LogP contribution in [-0.2, 0) is 0 Å². The van der Waals surface area contributed by atoms with Crippen LogP contribution < -0.4 is 0 Å². The lowest BCUT2D eigenvalue weighted by Gasteiger charge is -2.04. The minimum atomic E-state index is -0.435. The molecule has 2 rings (SSSR count). The number of aryl methyl sites for hydroxylation is 1. The lowest BCUT2D eigenvalue weighted by molar-refractivity contribution is -0.384. The molecule has 0 aliphatic carbocycles. The van der Waals surface area contributed by atoms with Crippen LogP contribution in [0.1, 0.15) is 5.69 Å². The molecule has 82 valence electrons. The van der Waals surface area contributed by atoms with Gasteiger partial charge in [0.15, 0.2) is 0 Å². The summed E-state index contributed by atoms with van der Waals surface area (Å²) in [5.74, 6) is 0.329. The highest BCUT2D eigenvalue weighted by Crippen LogP contribution is 2.24. The Hall–Kier alpha value is -1.69. The highest BCUT2D eigenvalue weighted by Gasteiger charge is 2.17. The third kappa shape index (κ3) is 1.83. The largest absolute Gasteiger partial charge is 0.312 e. The Morgan fingerprint density at radius 1 is 1.56 bits per heavy atom. The zero-order valence-corrected chi connectivity index (χ0v) is 10.0. The third-order valence-corrected chi connectivity index (χ3v) is 2.60. The Bertz CT molecular complexity index is 551. The van der Waals surface area contributed by atoms with Crippen molar-refractivity contribution in [3.8, 4) is 5.82 Å². The predicted octanol–water partition coefficient (Wildman–Crippen LogP) is 2.85. The highest BCUT2D eigenvalue weighted by atomic mass is 79.9. The number of aromatic nitrogens is 2. The Kier molecular flexibility index (Phi) is 2.74. The van der Waals surface area contributed by atoms with Crippen LogP contribution in [0.5, 0.6) is 0 Å². The number of pyridine rings is 1. The molecule has 6 heteroatoms. The molecule has 5 nitrogen and oxygen atoms in total. The van der Waals surface area contributed by atoms with E-state index < -0.39 is 4.92 Å². The molecular weight excluding hydrogens is 274 g/mol. The molecule has 0 fully saturated rings. The van der Waals surface area contributed by atoms with Crippen LogP contribution in [-0.4, -0.2) is 14.5 Å². The van der Waals surface area contributed by atoms with Gasteiger partial charge in [-0.05, 0) is 35.0 Å². The van der Waals surface area contributed by atoms with Crippen molar-refractivity contribution >= 4 is 21.6 Å². The molecule has 0 saturated carbocycles. The van der Waals surface area contributed by atoms with Gasteiger partial charge in [0.1, 0.15) is 0 Å². The van der Waals surface area contributed by atoms with Gasteiger partial charge in [-0.15, -0.1) is 0 Å². The third-order valence-electron chi connectivity index (χ3n) is 2.17. The first-order chi connectivity index (χ1) is 7.59. The molecule has 0 radical (unpaired) electrons. The molecular formula is C10H8BrN3O2. The summed E-state index contributed by atoms with van der Waals surface area (Å²) >= 11 is 3.32. The first kappa shape index (κ1) is 10.8. The zero-order valence-electron chi connectivity index (χ0n) is 8.42. The first-order valence-corrected chi connectivity index (χ1v) is 5.33. The summed E-state index contributed by atoms with van der Waals surface area (Å²) in [6.45, 7) is 1.86. The van der Waals surface area contributed by atoms with Gasteiger partial charge in [0.2, 0.25) is 5.82 Å². The summed E-state index contributed by atoms with van der Waals surface area (Å²) in [4.78, 5) is 14.5. The van der Waals surface area contributed by atoms with Crippen molar-refractivity contribution < 1.29 is 4.92 Å². The van der Waals surface area contributed by atoms with E-state index in [2.05, 4.69) is 20.9 Å². The molecule has 0 aliphatic heterocycles. The van der Waals surface area contributed by atoms with Crippen LogP contribution in [0.4, 0.5) is 5.69 Å². The van der Waals surface area contributed by atoms with Gasteiger partial charge in [-0.25, -0.2) is 4.98 Å². The lowest BCUT2D eigenvalue weighted by Crippen LogP contribution is -2.02. The Labute approximate surface area is 100 Å². The molecule has 0 aromatic carbocycles. The number of hydrogen-bond donors (Lipinski definition) is 0. The van der Waals surface area contributed by atoms with Gasteiger partial charge >= 0.3 is 5.69 Å². The summed E-state index contributed by atoms with van der Waals surface area (Å²) in [6.07, 6.45) is 3.29. The van der Waals surface area contributed by atoms with Gasteiger partial charge in [0.05, 0.1) is 4.92 Å². The van der Waals surface area contributed by atoms with Crippen molar-refractivity contribution in [2.75, 3.05) is 0 Å². The second-order valence-corrected chi connectivity index (χ2v) is 4.19. The molecule has 0 unspecified atom stereocenters. The van der Waals surface area contributed by atoms with Gasteiger partial charge < -0.3 is 0 Å². The van der Waals surface area contributed by atoms with E-state index in [4.69, 9.17) is 0 Å². The maximum Gasteiger partial charge on any atom is 0.312 e. The number of nitro groups is 1. The smallest absolute Gasteiger partial charge is 0.299 e. The molecule has 2 aromatic heterocycles. The van der Waals surface area contributed by atoms with Gasteiger partial charge in [-0.1, -0.05) is 0 Å². The summed E-state index contributed by atoms with van der Waals surface area (Å²) in [7, 11) is 0. The van der Waals surface area contributed by atoms with Gasteiger partial charge in [0.25, 0.3) is 0 Å². The number of halogens is 1. The van der Waals surface area contributed by atoms with E-state index in [1.54, 1.807) is 16.8 Å². The molecule has 16 heavy (non-hydrogen) atoms. The fraction of sp³-hybridized carbons (Fsp3) is 0.100. The molecule has 0 spiro atoms. The summed E-state index contributed by atoms with van der Waals surface area (Å²) in [6, 6.07) is 4.86. The van der Waals surface area contributed by atoms with Gasteiger partial charge in [-0.2, -0.15) is 0 Å². The standard InChI is InChI=1S/C10H8BrN3O2/c1-7-5-8(11)6-13(7)10-9(14(15)16)3-2-4-12-10/h2-6H,1H3.